The van der Waals surface area contributed by atoms with Crippen molar-refractivity contribution in [3.05, 3.63) is 101 Å². The van der Waals surface area contributed by atoms with Gasteiger partial charge in [0, 0.05) is 19.6 Å². The maximum atomic E-state index is 10.7. The number of ether oxygens (including phenoxy) is 1. The second-order valence-electron chi connectivity index (χ2n) is 10.3. The molecule has 2 atom stereocenters. The van der Waals surface area contributed by atoms with Gasteiger partial charge in [-0.1, -0.05) is 99.7 Å². The minimum absolute atomic E-state index is 0.300. The van der Waals surface area contributed by atoms with Crippen molar-refractivity contribution in [1.82, 2.24) is 0 Å². The third-order valence-electron chi connectivity index (χ3n) is 7.03. The average molecular weight is 515 g/mol. The normalized spacial score (nSPS) is 17.0. The van der Waals surface area contributed by atoms with E-state index < -0.39 is 0 Å². The van der Waals surface area contributed by atoms with Crippen LogP contribution in [0.25, 0.3) is 5.57 Å². The predicted molar refractivity (Wildman–Crippen MR) is 164 cm³/mol. The first-order chi connectivity index (χ1) is 18.5. The van der Waals surface area contributed by atoms with Gasteiger partial charge in [0.1, 0.15) is 5.78 Å². The van der Waals surface area contributed by atoms with Gasteiger partial charge < -0.3 is 9.53 Å². The lowest BCUT2D eigenvalue weighted by molar-refractivity contribution is -0.117. The minimum atomic E-state index is 0.300. The third kappa shape index (κ3) is 11.0. The van der Waals surface area contributed by atoms with Crippen molar-refractivity contribution in [2.45, 2.75) is 86.0 Å². The van der Waals surface area contributed by atoms with Crippen molar-refractivity contribution in [3.63, 3.8) is 0 Å². The number of ketones is 1. The van der Waals surface area contributed by atoms with Gasteiger partial charge in [0.15, 0.2) is 0 Å². The van der Waals surface area contributed by atoms with Crippen LogP contribution in [0.15, 0.2) is 78.9 Å². The molecule has 0 amide bonds. The zero-order valence-corrected chi connectivity index (χ0v) is 24.6. The van der Waals surface area contributed by atoms with Crippen LogP contribution in [-0.2, 0) is 22.4 Å². The van der Waals surface area contributed by atoms with Crippen LogP contribution >= 0.6 is 0 Å². The number of hydrogen-bond donors (Lipinski definition) is 0. The maximum Gasteiger partial charge on any atom is 0.129 e. The highest BCUT2D eigenvalue weighted by Gasteiger charge is 2.43. The van der Waals surface area contributed by atoms with Gasteiger partial charge in [0.25, 0.3) is 0 Å². The van der Waals surface area contributed by atoms with Crippen molar-refractivity contribution < 1.29 is 9.53 Å². The Morgan fingerprint density at radius 2 is 1.68 bits per heavy atom. The summed E-state index contributed by atoms with van der Waals surface area (Å²) in [4.78, 5) is 10.7. The Balaban J connectivity index is 0.000000274. The molecule has 1 fully saturated rings. The predicted octanol–water partition coefficient (Wildman–Crippen LogP) is 9.51. The summed E-state index contributed by atoms with van der Waals surface area (Å²) in [5, 5.41) is 0. The largest absolute Gasteiger partial charge is 0.381 e. The van der Waals surface area contributed by atoms with Crippen molar-refractivity contribution in [2.24, 2.45) is 11.8 Å². The number of aryl methyl sites for hydroxylation is 3. The first-order valence-electron chi connectivity index (χ1n) is 14.8. The highest BCUT2D eigenvalue weighted by molar-refractivity contribution is 5.75. The van der Waals surface area contributed by atoms with Crippen LogP contribution in [0, 0.1) is 18.8 Å². The van der Waals surface area contributed by atoms with Crippen LogP contribution in [0.1, 0.15) is 88.5 Å². The van der Waals surface area contributed by atoms with Gasteiger partial charge in [-0.15, -0.1) is 0 Å². The van der Waals surface area contributed by atoms with Crippen LogP contribution in [0.3, 0.4) is 0 Å². The molecule has 2 aromatic carbocycles. The van der Waals surface area contributed by atoms with Crippen molar-refractivity contribution >= 4 is 11.4 Å². The van der Waals surface area contributed by atoms with Crippen LogP contribution < -0.4 is 0 Å². The lowest BCUT2D eigenvalue weighted by atomic mass is 9.92. The van der Waals surface area contributed by atoms with Gasteiger partial charge in [0.05, 0.1) is 0 Å². The summed E-state index contributed by atoms with van der Waals surface area (Å²) in [5.41, 5.74) is 8.42. The number of rotatable bonds is 13. The summed E-state index contributed by atoms with van der Waals surface area (Å²) in [7, 11) is 0. The third-order valence-corrected chi connectivity index (χ3v) is 7.03. The van der Waals surface area contributed by atoms with E-state index in [2.05, 4.69) is 81.1 Å². The van der Waals surface area contributed by atoms with E-state index in [1.54, 1.807) is 6.92 Å². The van der Waals surface area contributed by atoms with Gasteiger partial charge in [0.2, 0.25) is 0 Å². The molecule has 0 aromatic heterocycles. The molecule has 38 heavy (non-hydrogen) atoms. The summed E-state index contributed by atoms with van der Waals surface area (Å²) >= 11 is 0. The van der Waals surface area contributed by atoms with E-state index in [9.17, 15) is 4.79 Å². The summed E-state index contributed by atoms with van der Waals surface area (Å²) < 4.78 is 5.54. The van der Waals surface area contributed by atoms with Gasteiger partial charge in [-0.2, -0.15) is 0 Å². The molecule has 0 spiro atoms. The van der Waals surface area contributed by atoms with Gasteiger partial charge in [-0.25, -0.2) is 0 Å². The number of carbonyl (C=O) groups is 1. The number of benzene rings is 2. The first kappa shape index (κ1) is 31.5. The standard InChI is InChI=1S/C21H26O.C13H18O.C2H6/c1-3-13-22-14-5-6-16-7-9-18(10-8-16)19-12-11-17(4-2)20-15-21(19)20;1-11-6-5-9-13(10-11)8-4-3-7-12(2)14;1-2/h4,7-12,20-21H,2-3,5-6,13-15H2,1H3;5-6,9-10H,3-4,7-8H2,1-2H3;1-2H3. The van der Waals surface area contributed by atoms with Crippen molar-refractivity contribution in [3.8, 4) is 0 Å². The highest BCUT2D eigenvalue weighted by Crippen LogP contribution is 2.54. The van der Waals surface area contributed by atoms with Crippen LogP contribution in [0.2, 0.25) is 0 Å². The smallest absolute Gasteiger partial charge is 0.129 e. The summed E-state index contributed by atoms with van der Waals surface area (Å²) in [5.74, 6) is 1.76. The molecule has 0 heterocycles. The van der Waals surface area contributed by atoms with Gasteiger partial charge >= 0.3 is 0 Å². The molecular formula is C36H50O2. The fourth-order valence-corrected chi connectivity index (χ4v) is 4.93. The number of unbranched alkanes of at least 4 members (excludes halogenated alkanes) is 1. The quantitative estimate of drug-likeness (QED) is 0.249. The molecule has 0 bridgehead atoms. The SMILES string of the molecule is C=CC1=CC=C(c2ccc(CCCOCCC)cc2)C2CC12.CC.CC(=O)CCCCc1cccc(C)c1. The van der Waals surface area contributed by atoms with Crippen LogP contribution in [-0.4, -0.2) is 19.0 Å². The lowest BCUT2D eigenvalue weighted by Crippen LogP contribution is -1.98. The molecule has 2 aliphatic carbocycles. The first-order valence-corrected chi connectivity index (χ1v) is 14.8. The Morgan fingerprint density at radius 1 is 0.947 bits per heavy atom. The molecular weight excluding hydrogens is 464 g/mol. The van der Waals surface area contributed by atoms with E-state index in [0.29, 0.717) is 5.78 Å². The second-order valence-corrected chi connectivity index (χ2v) is 10.3. The molecule has 1 saturated carbocycles. The van der Waals surface area contributed by atoms with Crippen molar-refractivity contribution in [2.75, 3.05) is 13.2 Å². The Labute approximate surface area is 232 Å². The molecule has 0 saturated heterocycles. The molecule has 4 rings (SSSR count). The lowest BCUT2D eigenvalue weighted by Gasteiger charge is -2.13. The molecule has 0 N–H and O–H groups in total. The maximum absolute atomic E-state index is 10.7. The Kier molecular flexibility index (Phi) is 14.7. The zero-order chi connectivity index (χ0) is 27.8. The van der Waals surface area contributed by atoms with Crippen molar-refractivity contribution in [1.29, 1.82) is 0 Å². The van der Waals surface area contributed by atoms with E-state index in [4.69, 9.17) is 4.74 Å². The number of fused-ring (bicyclic) bond motifs is 1. The molecule has 2 aliphatic rings. The number of allylic oxidation sites excluding steroid dienone is 5. The second kappa shape index (κ2) is 17.7. The van der Waals surface area contributed by atoms with E-state index in [1.165, 1.54) is 39.8 Å². The molecule has 2 aromatic rings. The monoisotopic (exact) mass is 514 g/mol. The molecule has 2 unspecified atom stereocenters. The van der Waals surface area contributed by atoms with Gasteiger partial charge in [-0.3, -0.25) is 0 Å². The molecule has 206 valence electrons. The molecule has 0 aliphatic heterocycles. The Bertz CT molecular complexity index is 1040. The van der Waals surface area contributed by atoms with E-state index in [0.717, 1.165) is 70.0 Å². The Morgan fingerprint density at radius 3 is 2.34 bits per heavy atom. The summed E-state index contributed by atoms with van der Waals surface area (Å²) in [6, 6.07) is 17.7. The summed E-state index contributed by atoms with van der Waals surface area (Å²) in [6.07, 6.45) is 15.1. The minimum Gasteiger partial charge on any atom is -0.381 e. The van der Waals surface area contributed by atoms with Gasteiger partial charge in [-0.05, 0) is 98.5 Å². The highest BCUT2D eigenvalue weighted by atomic mass is 16.5. The van der Waals surface area contributed by atoms with E-state index in [1.807, 2.05) is 19.9 Å². The Hall–Kier alpha value is -2.71. The fourth-order valence-electron chi connectivity index (χ4n) is 4.93. The van der Waals surface area contributed by atoms with Crippen LogP contribution in [0.5, 0.6) is 0 Å². The molecule has 0 radical (unpaired) electrons. The van der Waals surface area contributed by atoms with Crippen LogP contribution in [0.4, 0.5) is 0 Å². The van der Waals surface area contributed by atoms with E-state index >= 15 is 0 Å². The average Bonchev–Trinajstić information content (AvgIpc) is 3.74. The molecule has 2 nitrogen and oxygen atoms in total. The topological polar surface area (TPSA) is 26.3 Å². The molecule has 2 heteroatoms. The van der Waals surface area contributed by atoms with E-state index in [-0.39, 0.29) is 0 Å². The number of carbonyl (C=O) groups excluding carboxylic acids is 1. The summed E-state index contributed by atoms with van der Waals surface area (Å²) in [6.45, 7) is 15.6. The zero-order valence-electron chi connectivity index (χ0n) is 24.6. The fraction of sp³-hybridized carbons (Fsp3) is 0.472. The number of hydrogen-bond acceptors (Lipinski definition) is 2. The number of Topliss-reactive ketones (excluding diaryl/α,β-unsaturated/α-hetero) is 1.